The number of piperidine rings is 1. The number of methoxy groups -OCH3 is 1. The maximum absolute atomic E-state index is 11.4. The van der Waals surface area contributed by atoms with Gasteiger partial charge in [0, 0.05) is 19.1 Å². The van der Waals surface area contributed by atoms with Gasteiger partial charge in [0.25, 0.3) is 0 Å². The Balaban J connectivity index is 2.13. The van der Waals surface area contributed by atoms with Crippen molar-refractivity contribution < 1.29 is 9.53 Å². The summed E-state index contributed by atoms with van der Waals surface area (Å²) in [5, 5.41) is 3.66. The van der Waals surface area contributed by atoms with Crippen LogP contribution < -0.4 is 5.32 Å². The molecule has 4 nitrogen and oxygen atoms in total. The Kier molecular flexibility index (Phi) is 8.67. The maximum Gasteiger partial charge on any atom is 0.409 e. The van der Waals surface area contributed by atoms with Crippen LogP contribution in [0.4, 0.5) is 4.79 Å². The molecule has 1 aliphatic heterocycles. The van der Waals surface area contributed by atoms with E-state index >= 15 is 0 Å². The van der Waals surface area contributed by atoms with Crippen molar-refractivity contribution in [3.05, 3.63) is 0 Å². The van der Waals surface area contributed by atoms with E-state index in [-0.39, 0.29) is 6.09 Å². The first kappa shape index (κ1) is 17.3. The number of rotatable bonds is 8. The highest BCUT2D eigenvalue weighted by molar-refractivity contribution is 5.67. The molecule has 1 rings (SSSR count). The Morgan fingerprint density at radius 3 is 2.55 bits per heavy atom. The Bertz CT molecular complexity index is 263. The van der Waals surface area contributed by atoms with E-state index in [1.807, 2.05) is 0 Å². The lowest BCUT2D eigenvalue weighted by Gasteiger charge is -2.31. The van der Waals surface area contributed by atoms with Crippen LogP contribution in [-0.4, -0.2) is 43.8 Å². The molecule has 1 atom stereocenters. The number of likely N-dealkylation sites (tertiary alicyclic amines) is 1. The van der Waals surface area contributed by atoms with Crippen LogP contribution in [0.2, 0.25) is 0 Å². The number of ether oxygens (including phenoxy) is 1. The monoisotopic (exact) mass is 284 g/mol. The van der Waals surface area contributed by atoms with Crippen molar-refractivity contribution in [3.63, 3.8) is 0 Å². The molecule has 0 aromatic carbocycles. The Morgan fingerprint density at radius 2 is 2.00 bits per heavy atom. The van der Waals surface area contributed by atoms with Gasteiger partial charge >= 0.3 is 6.09 Å². The van der Waals surface area contributed by atoms with Crippen molar-refractivity contribution in [2.45, 2.75) is 64.8 Å². The molecule has 0 unspecified atom stereocenters. The lowest BCUT2D eigenvalue weighted by molar-refractivity contribution is 0.109. The topological polar surface area (TPSA) is 41.6 Å². The van der Waals surface area contributed by atoms with Crippen LogP contribution in [0.15, 0.2) is 0 Å². The quantitative estimate of drug-likeness (QED) is 0.742. The molecule has 1 aliphatic rings. The zero-order valence-electron chi connectivity index (χ0n) is 13.5. The van der Waals surface area contributed by atoms with E-state index in [9.17, 15) is 4.79 Å². The number of hydrogen-bond acceptors (Lipinski definition) is 3. The fourth-order valence-corrected chi connectivity index (χ4v) is 2.93. The molecule has 0 aliphatic carbocycles. The highest BCUT2D eigenvalue weighted by atomic mass is 16.5. The molecule has 0 bridgehead atoms. The summed E-state index contributed by atoms with van der Waals surface area (Å²) in [5.74, 6) is 0.873. The van der Waals surface area contributed by atoms with Crippen molar-refractivity contribution in [3.8, 4) is 0 Å². The maximum atomic E-state index is 11.4. The van der Waals surface area contributed by atoms with E-state index in [0.717, 1.165) is 38.4 Å². The van der Waals surface area contributed by atoms with Crippen LogP contribution in [0.5, 0.6) is 0 Å². The van der Waals surface area contributed by atoms with Gasteiger partial charge < -0.3 is 15.0 Å². The first-order chi connectivity index (χ1) is 9.71. The molecule has 1 saturated heterocycles. The first-order valence-electron chi connectivity index (χ1n) is 8.27. The van der Waals surface area contributed by atoms with Gasteiger partial charge in [0.15, 0.2) is 0 Å². The summed E-state index contributed by atoms with van der Waals surface area (Å²) in [4.78, 5) is 13.2. The molecule has 0 spiro atoms. The Hall–Kier alpha value is -0.770. The molecule has 1 heterocycles. The van der Waals surface area contributed by atoms with E-state index in [0.29, 0.717) is 6.04 Å². The average molecular weight is 284 g/mol. The Morgan fingerprint density at radius 1 is 1.30 bits per heavy atom. The highest BCUT2D eigenvalue weighted by Crippen LogP contribution is 2.17. The molecule has 0 saturated carbocycles. The van der Waals surface area contributed by atoms with Crippen molar-refractivity contribution in [1.29, 1.82) is 0 Å². The third-order valence-electron chi connectivity index (χ3n) is 4.46. The number of nitrogens with zero attached hydrogens (tertiary/aromatic N) is 1. The number of carbonyl (C=O) groups excluding carboxylic acids is 1. The van der Waals surface area contributed by atoms with Crippen molar-refractivity contribution in [1.82, 2.24) is 10.2 Å². The summed E-state index contributed by atoms with van der Waals surface area (Å²) in [5.41, 5.74) is 0. The molecule has 1 fully saturated rings. The Labute approximate surface area is 124 Å². The molecule has 0 aromatic heterocycles. The number of unbranched alkanes of at least 4 members (excludes halogenated alkanes) is 1. The molecule has 4 heteroatoms. The molecule has 0 aromatic rings. The minimum Gasteiger partial charge on any atom is -0.453 e. The van der Waals surface area contributed by atoms with Gasteiger partial charge in [-0.1, -0.05) is 39.5 Å². The zero-order valence-corrected chi connectivity index (χ0v) is 13.5. The van der Waals surface area contributed by atoms with Gasteiger partial charge in [0.05, 0.1) is 7.11 Å². The normalized spacial score (nSPS) is 18.1. The van der Waals surface area contributed by atoms with Gasteiger partial charge in [-0.05, 0) is 31.7 Å². The molecule has 1 amide bonds. The summed E-state index contributed by atoms with van der Waals surface area (Å²) >= 11 is 0. The predicted octanol–water partition coefficient (Wildman–Crippen LogP) is 3.41. The SMILES string of the molecule is CCCC[C@@H](CC)CCNC1CCN(C(=O)OC)CC1. The van der Waals surface area contributed by atoms with Crippen LogP contribution in [0.1, 0.15) is 58.8 Å². The van der Waals surface area contributed by atoms with Crippen molar-refractivity contribution >= 4 is 6.09 Å². The second-order valence-corrected chi connectivity index (χ2v) is 5.89. The van der Waals surface area contributed by atoms with E-state index in [1.165, 1.54) is 39.2 Å². The van der Waals surface area contributed by atoms with Gasteiger partial charge in [-0.15, -0.1) is 0 Å². The van der Waals surface area contributed by atoms with Crippen LogP contribution >= 0.6 is 0 Å². The molecular formula is C16H32N2O2. The zero-order chi connectivity index (χ0) is 14.8. The third-order valence-corrected chi connectivity index (χ3v) is 4.46. The fraction of sp³-hybridized carbons (Fsp3) is 0.938. The lowest BCUT2D eigenvalue weighted by atomic mass is 9.95. The molecular weight excluding hydrogens is 252 g/mol. The second kappa shape index (κ2) is 10.0. The van der Waals surface area contributed by atoms with E-state index in [4.69, 9.17) is 4.74 Å². The van der Waals surface area contributed by atoms with Crippen LogP contribution in [-0.2, 0) is 4.74 Å². The molecule has 118 valence electrons. The second-order valence-electron chi connectivity index (χ2n) is 5.89. The van der Waals surface area contributed by atoms with Gasteiger partial charge in [-0.2, -0.15) is 0 Å². The minimum atomic E-state index is -0.186. The minimum absolute atomic E-state index is 0.186. The van der Waals surface area contributed by atoms with Crippen LogP contribution in [0.25, 0.3) is 0 Å². The molecule has 0 radical (unpaired) electrons. The number of carbonyl (C=O) groups is 1. The highest BCUT2D eigenvalue weighted by Gasteiger charge is 2.22. The standard InChI is InChI=1S/C16H32N2O2/c1-4-6-7-14(5-2)8-11-17-15-9-12-18(13-10-15)16(19)20-3/h14-15,17H,4-13H2,1-3H3/t14-/m1/s1. The van der Waals surface area contributed by atoms with E-state index in [2.05, 4.69) is 19.2 Å². The summed E-state index contributed by atoms with van der Waals surface area (Å²) in [6, 6.07) is 0.569. The average Bonchev–Trinajstić information content (AvgIpc) is 2.50. The van der Waals surface area contributed by atoms with Crippen LogP contribution in [0.3, 0.4) is 0 Å². The summed E-state index contributed by atoms with van der Waals surface area (Å²) in [6.45, 7) is 7.31. The van der Waals surface area contributed by atoms with Gasteiger partial charge in [-0.3, -0.25) is 0 Å². The summed E-state index contributed by atoms with van der Waals surface area (Å²) < 4.78 is 4.76. The first-order valence-corrected chi connectivity index (χ1v) is 8.27. The molecule has 1 N–H and O–H groups in total. The number of nitrogens with one attached hydrogen (secondary N) is 1. The summed E-state index contributed by atoms with van der Waals surface area (Å²) in [7, 11) is 1.45. The van der Waals surface area contributed by atoms with Gasteiger partial charge in [0.2, 0.25) is 0 Å². The lowest BCUT2D eigenvalue weighted by Crippen LogP contribution is -2.45. The number of hydrogen-bond donors (Lipinski definition) is 1. The predicted molar refractivity (Wildman–Crippen MR) is 82.9 cm³/mol. The smallest absolute Gasteiger partial charge is 0.409 e. The van der Waals surface area contributed by atoms with Crippen molar-refractivity contribution in [2.24, 2.45) is 5.92 Å². The van der Waals surface area contributed by atoms with E-state index in [1.54, 1.807) is 4.90 Å². The van der Waals surface area contributed by atoms with Gasteiger partial charge in [-0.25, -0.2) is 4.79 Å². The summed E-state index contributed by atoms with van der Waals surface area (Å²) in [6.07, 6.45) is 8.51. The third kappa shape index (κ3) is 6.12. The fourth-order valence-electron chi connectivity index (χ4n) is 2.93. The van der Waals surface area contributed by atoms with Crippen molar-refractivity contribution in [2.75, 3.05) is 26.7 Å². The van der Waals surface area contributed by atoms with Crippen LogP contribution in [0, 0.1) is 5.92 Å². The largest absolute Gasteiger partial charge is 0.453 e. The van der Waals surface area contributed by atoms with Gasteiger partial charge in [0.1, 0.15) is 0 Å². The van der Waals surface area contributed by atoms with E-state index < -0.39 is 0 Å². The molecule has 20 heavy (non-hydrogen) atoms. The number of amides is 1.